The lowest BCUT2D eigenvalue weighted by Gasteiger charge is -2.17. The van der Waals surface area contributed by atoms with E-state index in [0.717, 1.165) is 10.5 Å². The molecule has 0 fully saturated rings. The van der Waals surface area contributed by atoms with Gasteiger partial charge in [0.1, 0.15) is 0 Å². The Morgan fingerprint density at radius 2 is 1.59 bits per heavy atom. The second-order valence-electron chi connectivity index (χ2n) is 5.99. The van der Waals surface area contributed by atoms with Crippen molar-refractivity contribution < 1.29 is 9.72 Å². The van der Waals surface area contributed by atoms with Gasteiger partial charge in [-0.2, -0.15) is 0 Å². The molecule has 0 bridgehead atoms. The largest absolute Gasteiger partial charge is 0.398 e. The van der Waals surface area contributed by atoms with Gasteiger partial charge in [0.2, 0.25) is 0 Å². The number of nitrogens with zero attached hydrogens (tertiary/aromatic N) is 1. The number of anilines is 1. The molecule has 0 aromatic heterocycles. The van der Waals surface area contributed by atoms with Crippen molar-refractivity contribution in [3.8, 4) is 0 Å². The highest BCUT2D eigenvalue weighted by Gasteiger charge is 2.20. The summed E-state index contributed by atoms with van der Waals surface area (Å²) in [6.07, 6.45) is 0.265. The lowest BCUT2D eigenvalue weighted by molar-refractivity contribution is -0.384. The minimum absolute atomic E-state index is 0.0148. The van der Waals surface area contributed by atoms with Crippen LogP contribution in [0.2, 0.25) is 0 Å². The molecule has 0 spiro atoms. The number of nitro groups is 1. The Morgan fingerprint density at radius 3 is 2.22 bits per heavy atom. The van der Waals surface area contributed by atoms with Crippen LogP contribution in [-0.4, -0.2) is 10.7 Å². The van der Waals surface area contributed by atoms with Crippen LogP contribution in [0.15, 0.2) is 83.8 Å². The van der Waals surface area contributed by atoms with Gasteiger partial charge in [0.25, 0.3) is 5.69 Å². The molecule has 3 rings (SSSR count). The molecule has 3 aromatic rings. The van der Waals surface area contributed by atoms with Gasteiger partial charge in [0.15, 0.2) is 5.78 Å². The van der Waals surface area contributed by atoms with Crippen LogP contribution in [0.3, 0.4) is 0 Å². The molecule has 0 aliphatic heterocycles. The molecule has 0 aliphatic carbocycles. The molecule has 2 N–H and O–H groups in total. The first-order valence-corrected chi connectivity index (χ1v) is 9.26. The molecule has 0 amide bonds. The second-order valence-corrected chi connectivity index (χ2v) is 7.23. The Labute approximate surface area is 161 Å². The SMILES string of the molecule is Nc1ccccc1S[C@@H](CC(=O)c1ccccc1)c1ccc([N+](=O)[O-])cc1. The van der Waals surface area contributed by atoms with Crippen LogP contribution in [-0.2, 0) is 0 Å². The smallest absolute Gasteiger partial charge is 0.269 e. The number of non-ortho nitro benzene ring substituents is 1. The zero-order chi connectivity index (χ0) is 19.2. The van der Waals surface area contributed by atoms with Crippen molar-refractivity contribution in [3.63, 3.8) is 0 Å². The number of nitrogens with two attached hydrogens (primary N) is 1. The van der Waals surface area contributed by atoms with Crippen molar-refractivity contribution in [2.45, 2.75) is 16.6 Å². The first-order chi connectivity index (χ1) is 13.0. The Kier molecular flexibility index (Phi) is 5.88. The first-order valence-electron chi connectivity index (χ1n) is 8.38. The summed E-state index contributed by atoms with van der Waals surface area (Å²) in [5, 5.41) is 10.7. The summed E-state index contributed by atoms with van der Waals surface area (Å²) < 4.78 is 0. The van der Waals surface area contributed by atoms with Crippen LogP contribution in [0, 0.1) is 10.1 Å². The molecule has 6 heteroatoms. The molecule has 1 atom stereocenters. The number of ketones is 1. The fourth-order valence-corrected chi connectivity index (χ4v) is 3.89. The quantitative estimate of drug-likeness (QED) is 0.199. The Bertz CT molecular complexity index is 943. The molecule has 5 nitrogen and oxygen atoms in total. The van der Waals surface area contributed by atoms with Crippen LogP contribution in [0.5, 0.6) is 0 Å². The first kappa shape index (κ1) is 18.7. The van der Waals surface area contributed by atoms with E-state index in [4.69, 9.17) is 5.73 Å². The van der Waals surface area contributed by atoms with Crippen LogP contribution in [0.4, 0.5) is 11.4 Å². The van der Waals surface area contributed by atoms with Crippen molar-refractivity contribution >= 4 is 28.9 Å². The third-order valence-corrected chi connectivity index (χ3v) is 5.48. The molecule has 136 valence electrons. The van der Waals surface area contributed by atoms with E-state index in [1.165, 1.54) is 23.9 Å². The van der Waals surface area contributed by atoms with E-state index in [2.05, 4.69) is 0 Å². The third kappa shape index (κ3) is 4.74. The lowest BCUT2D eigenvalue weighted by atomic mass is 10.0. The van der Waals surface area contributed by atoms with E-state index >= 15 is 0 Å². The van der Waals surface area contributed by atoms with Gasteiger partial charge in [-0.15, -0.1) is 11.8 Å². The number of para-hydroxylation sites is 1. The lowest BCUT2D eigenvalue weighted by Crippen LogP contribution is -2.06. The normalized spacial score (nSPS) is 11.7. The number of thioether (sulfide) groups is 1. The molecule has 0 unspecified atom stereocenters. The van der Waals surface area contributed by atoms with Gasteiger partial charge in [-0.25, -0.2) is 0 Å². The van der Waals surface area contributed by atoms with Crippen molar-refractivity contribution in [2.75, 3.05) is 5.73 Å². The summed E-state index contributed by atoms with van der Waals surface area (Å²) >= 11 is 1.49. The summed E-state index contributed by atoms with van der Waals surface area (Å²) in [5.74, 6) is 0.0148. The number of nitrogen functional groups attached to an aromatic ring is 1. The van der Waals surface area contributed by atoms with Gasteiger partial charge in [-0.1, -0.05) is 54.6 Å². The molecular formula is C21H18N2O3S. The van der Waals surface area contributed by atoms with Crippen molar-refractivity contribution in [3.05, 3.63) is 100 Å². The topological polar surface area (TPSA) is 86.2 Å². The van der Waals surface area contributed by atoms with E-state index in [0.29, 0.717) is 11.3 Å². The van der Waals surface area contributed by atoms with Gasteiger partial charge in [0, 0.05) is 39.9 Å². The number of benzene rings is 3. The number of carbonyl (C=O) groups is 1. The Balaban J connectivity index is 1.89. The molecule has 27 heavy (non-hydrogen) atoms. The zero-order valence-electron chi connectivity index (χ0n) is 14.4. The molecule has 3 aromatic carbocycles. The minimum atomic E-state index is -0.434. The summed E-state index contributed by atoms with van der Waals surface area (Å²) in [6, 6.07) is 22.9. The molecule has 0 radical (unpaired) electrons. The highest BCUT2D eigenvalue weighted by molar-refractivity contribution is 7.99. The maximum atomic E-state index is 12.7. The minimum Gasteiger partial charge on any atom is -0.398 e. The Hall–Kier alpha value is -3.12. The second kappa shape index (κ2) is 8.51. The number of hydrogen-bond acceptors (Lipinski definition) is 5. The average molecular weight is 378 g/mol. The van der Waals surface area contributed by atoms with Gasteiger partial charge in [-0.3, -0.25) is 14.9 Å². The third-order valence-electron chi connectivity index (χ3n) is 4.13. The predicted molar refractivity (Wildman–Crippen MR) is 108 cm³/mol. The monoisotopic (exact) mass is 378 g/mol. The van der Waals surface area contributed by atoms with Gasteiger partial charge in [0.05, 0.1) is 4.92 Å². The number of Topliss-reactive ketones (excluding diaryl/α,β-unsaturated/α-hetero) is 1. The number of nitro benzene ring substituents is 1. The maximum absolute atomic E-state index is 12.7. The fraction of sp³-hybridized carbons (Fsp3) is 0.0952. The molecule has 0 heterocycles. The number of rotatable bonds is 7. The number of carbonyl (C=O) groups excluding carboxylic acids is 1. The van der Waals surface area contributed by atoms with Gasteiger partial charge >= 0.3 is 0 Å². The average Bonchev–Trinajstić information content (AvgIpc) is 2.69. The summed E-state index contributed by atoms with van der Waals surface area (Å²) in [4.78, 5) is 24.1. The summed E-state index contributed by atoms with van der Waals surface area (Å²) in [5.41, 5.74) is 8.21. The van der Waals surface area contributed by atoms with Crippen LogP contribution < -0.4 is 5.73 Å². The highest BCUT2D eigenvalue weighted by atomic mass is 32.2. The van der Waals surface area contributed by atoms with Crippen molar-refractivity contribution in [1.82, 2.24) is 0 Å². The van der Waals surface area contributed by atoms with E-state index in [-0.39, 0.29) is 23.1 Å². The van der Waals surface area contributed by atoms with E-state index < -0.39 is 4.92 Å². The molecule has 0 aliphatic rings. The zero-order valence-corrected chi connectivity index (χ0v) is 15.3. The van der Waals surface area contributed by atoms with E-state index in [9.17, 15) is 14.9 Å². The molecule has 0 saturated heterocycles. The Morgan fingerprint density at radius 1 is 0.963 bits per heavy atom. The van der Waals surface area contributed by atoms with Crippen LogP contribution in [0.25, 0.3) is 0 Å². The molecular weight excluding hydrogens is 360 g/mol. The van der Waals surface area contributed by atoms with Gasteiger partial charge < -0.3 is 5.73 Å². The maximum Gasteiger partial charge on any atom is 0.269 e. The van der Waals surface area contributed by atoms with Crippen molar-refractivity contribution in [1.29, 1.82) is 0 Å². The summed E-state index contributed by atoms with van der Waals surface area (Å²) in [6.45, 7) is 0. The van der Waals surface area contributed by atoms with Gasteiger partial charge in [-0.05, 0) is 17.7 Å². The summed E-state index contributed by atoms with van der Waals surface area (Å²) in [7, 11) is 0. The number of hydrogen-bond donors (Lipinski definition) is 1. The fourth-order valence-electron chi connectivity index (χ4n) is 2.69. The van der Waals surface area contributed by atoms with E-state index in [1.54, 1.807) is 24.3 Å². The van der Waals surface area contributed by atoms with Crippen LogP contribution in [0.1, 0.15) is 27.6 Å². The van der Waals surface area contributed by atoms with Crippen molar-refractivity contribution in [2.24, 2.45) is 0 Å². The predicted octanol–water partition coefficient (Wildman–Crippen LogP) is 5.28. The molecule has 0 saturated carbocycles. The highest BCUT2D eigenvalue weighted by Crippen LogP contribution is 2.41. The van der Waals surface area contributed by atoms with E-state index in [1.807, 2.05) is 42.5 Å². The van der Waals surface area contributed by atoms with Crippen LogP contribution >= 0.6 is 11.8 Å². The standard InChI is InChI=1S/C21H18N2O3S/c22-18-8-4-5-9-20(18)27-21(14-19(24)15-6-2-1-3-7-15)16-10-12-17(13-11-16)23(25)26/h1-13,21H,14,22H2/t21-/m0/s1.